The van der Waals surface area contributed by atoms with Gasteiger partial charge in [-0.2, -0.15) is 0 Å². The van der Waals surface area contributed by atoms with Gasteiger partial charge < -0.3 is 15.4 Å². The van der Waals surface area contributed by atoms with Gasteiger partial charge in [0.1, 0.15) is 12.1 Å². The predicted molar refractivity (Wildman–Crippen MR) is 156 cm³/mol. The van der Waals surface area contributed by atoms with Gasteiger partial charge in [-0.3, -0.25) is 4.99 Å². The highest BCUT2D eigenvalue weighted by molar-refractivity contribution is 5.99. The molecule has 0 atom stereocenters. The highest BCUT2D eigenvalue weighted by atomic mass is 16.5. The van der Waals surface area contributed by atoms with Crippen LogP contribution in [0.2, 0.25) is 0 Å². The van der Waals surface area contributed by atoms with E-state index < -0.39 is 0 Å². The van der Waals surface area contributed by atoms with Crippen LogP contribution in [0.1, 0.15) is 64.3 Å². The predicted octanol–water partition coefficient (Wildman–Crippen LogP) is 7.07. The van der Waals surface area contributed by atoms with Crippen LogP contribution in [0.5, 0.6) is 5.75 Å². The van der Waals surface area contributed by atoms with Gasteiger partial charge in [0, 0.05) is 41.4 Å². The van der Waals surface area contributed by atoms with E-state index in [-0.39, 0.29) is 5.41 Å². The van der Waals surface area contributed by atoms with Gasteiger partial charge >= 0.3 is 0 Å². The molecule has 0 saturated heterocycles. The number of allylic oxidation sites excluding steroid dienone is 2. The smallest absolute Gasteiger partial charge is 0.122 e. The lowest BCUT2D eigenvalue weighted by atomic mass is 9.82. The van der Waals surface area contributed by atoms with E-state index in [2.05, 4.69) is 90.2 Å². The van der Waals surface area contributed by atoms with E-state index in [1.165, 1.54) is 0 Å². The van der Waals surface area contributed by atoms with Crippen molar-refractivity contribution in [2.45, 2.75) is 60.3 Å². The highest BCUT2D eigenvalue weighted by Gasteiger charge is 2.22. The Kier molecular flexibility index (Phi) is 9.45. The van der Waals surface area contributed by atoms with E-state index in [4.69, 9.17) is 4.74 Å². The number of anilines is 1. The van der Waals surface area contributed by atoms with Gasteiger partial charge in [-0.15, -0.1) is 0 Å². The Labute approximate surface area is 222 Å². The van der Waals surface area contributed by atoms with Gasteiger partial charge in [-0.1, -0.05) is 52.8 Å². The maximum Gasteiger partial charge on any atom is 0.122 e. The summed E-state index contributed by atoms with van der Waals surface area (Å²) in [6.07, 6.45) is 7.53. The van der Waals surface area contributed by atoms with Crippen LogP contribution in [0, 0.1) is 5.41 Å². The van der Waals surface area contributed by atoms with E-state index in [1.807, 2.05) is 26.1 Å². The van der Waals surface area contributed by atoms with Crippen molar-refractivity contribution in [3.63, 3.8) is 0 Å². The molecule has 3 rings (SSSR count). The number of fused-ring (bicyclic) bond motifs is 1. The van der Waals surface area contributed by atoms with E-state index >= 15 is 0 Å². The van der Waals surface area contributed by atoms with Crippen molar-refractivity contribution in [2.75, 3.05) is 19.5 Å². The molecule has 2 aromatic carbocycles. The van der Waals surface area contributed by atoms with E-state index in [1.54, 1.807) is 13.4 Å². The van der Waals surface area contributed by atoms with Crippen LogP contribution in [0.25, 0.3) is 10.9 Å². The fourth-order valence-electron chi connectivity index (χ4n) is 4.74. The Bertz CT molecular complexity index is 1310. The quantitative estimate of drug-likeness (QED) is 0.261. The number of nitrogens with zero attached hydrogens (tertiary/aromatic N) is 3. The molecule has 0 unspecified atom stereocenters. The SMILES string of the molecule is C=C(N/C(C)=C/C(=NC)C(C)(C)CCC)Nc1cccc(Cc2ncnc3cc(CC)c(OC)cc23)c1. The van der Waals surface area contributed by atoms with Gasteiger partial charge in [-0.05, 0) is 61.2 Å². The van der Waals surface area contributed by atoms with Crippen LogP contribution >= 0.6 is 0 Å². The summed E-state index contributed by atoms with van der Waals surface area (Å²) in [5.41, 5.74) is 7.26. The monoisotopic (exact) mass is 499 g/mol. The third kappa shape index (κ3) is 7.19. The number of aryl methyl sites for hydroxylation is 1. The van der Waals surface area contributed by atoms with Crippen molar-refractivity contribution in [1.29, 1.82) is 0 Å². The summed E-state index contributed by atoms with van der Waals surface area (Å²) >= 11 is 0. The van der Waals surface area contributed by atoms with Crippen molar-refractivity contribution in [2.24, 2.45) is 10.4 Å². The molecule has 0 aliphatic carbocycles. The molecule has 1 heterocycles. The first-order chi connectivity index (χ1) is 17.7. The fourth-order valence-corrected chi connectivity index (χ4v) is 4.74. The number of rotatable bonds is 12. The summed E-state index contributed by atoms with van der Waals surface area (Å²) in [6.45, 7) is 15.0. The second-order valence-corrected chi connectivity index (χ2v) is 10.0. The number of nitrogens with one attached hydrogen (secondary N) is 2. The van der Waals surface area contributed by atoms with Crippen molar-refractivity contribution in [3.8, 4) is 5.75 Å². The molecule has 0 aliphatic heterocycles. The first-order valence-corrected chi connectivity index (χ1v) is 13.0. The molecule has 196 valence electrons. The normalized spacial score (nSPS) is 12.5. The lowest BCUT2D eigenvalue weighted by Crippen LogP contribution is -2.25. The van der Waals surface area contributed by atoms with E-state index in [9.17, 15) is 0 Å². The number of ether oxygens (including phenoxy) is 1. The molecule has 37 heavy (non-hydrogen) atoms. The zero-order chi connectivity index (χ0) is 27.0. The number of hydrogen-bond donors (Lipinski definition) is 2. The molecule has 3 aromatic rings. The minimum atomic E-state index is 0.0306. The largest absolute Gasteiger partial charge is 0.496 e. The minimum Gasteiger partial charge on any atom is -0.496 e. The Morgan fingerprint density at radius 2 is 1.95 bits per heavy atom. The zero-order valence-electron chi connectivity index (χ0n) is 23.4. The summed E-state index contributed by atoms with van der Waals surface area (Å²) in [7, 11) is 3.56. The van der Waals surface area contributed by atoms with Crippen LogP contribution < -0.4 is 15.4 Å². The van der Waals surface area contributed by atoms with Crippen molar-refractivity contribution < 1.29 is 4.74 Å². The molecule has 2 N–H and O–H groups in total. The molecule has 0 amide bonds. The van der Waals surface area contributed by atoms with Crippen LogP contribution in [0.4, 0.5) is 5.69 Å². The highest BCUT2D eigenvalue weighted by Crippen LogP contribution is 2.28. The first kappa shape index (κ1) is 27.9. The summed E-state index contributed by atoms with van der Waals surface area (Å²) in [5, 5.41) is 7.76. The summed E-state index contributed by atoms with van der Waals surface area (Å²) in [5.74, 6) is 1.58. The van der Waals surface area contributed by atoms with Gasteiger partial charge in [0.05, 0.1) is 24.1 Å². The average Bonchev–Trinajstić information content (AvgIpc) is 2.86. The molecule has 0 bridgehead atoms. The molecule has 0 spiro atoms. The number of hydrogen-bond acceptors (Lipinski definition) is 6. The number of benzene rings is 2. The standard InChI is InChI=1S/C31H41N5O/c1-9-14-31(5,6)30(32-7)15-21(3)35-22(4)36-25-13-11-12-23(16-25)17-27-26-19-29(37-8)24(10-2)18-28(26)34-20-33-27/h11-13,15-16,18-20,35-36H,4,9-10,14,17H2,1-3,5-8H3/b21-15+,32-30?. The van der Waals surface area contributed by atoms with Gasteiger partial charge in [0.2, 0.25) is 0 Å². The Morgan fingerprint density at radius 1 is 1.16 bits per heavy atom. The van der Waals surface area contributed by atoms with Gasteiger partial charge in [0.15, 0.2) is 0 Å². The van der Waals surface area contributed by atoms with Crippen LogP contribution in [-0.4, -0.2) is 29.8 Å². The third-order valence-electron chi connectivity index (χ3n) is 6.61. The Balaban J connectivity index is 1.74. The van der Waals surface area contributed by atoms with Crippen LogP contribution in [0.15, 0.2) is 71.9 Å². The second kappa shape index (κ2) is 12.5. The van der Waals surface area contributed by atoms with Crippen molar-refractivity contribution >= 4 is 22.3 Å². The molecule has 0 radical (unpaired) electrons. The second-order valence-electron chi connectivity index (χ2n) is 10.0. The van der Waals surface area contributed by atoms with Gasteiger partial charge in [-0.25, -0.2) is 9.97 Å². The van der Waals surface area contributed by atoms with E-state index in [0.717, 1.165) is 69.8 Å². The molecule has 0 fully saturated rings. The van der Waals surface area contributed by atoms with Crippen molar-refractivity contribution in [3.05, 3.63) is 83.7 Å². The zero-order valence-corrected chi connectivity index (χ0v) is 23.4. The molecule has 6 nitrogen and oxygen atoms in total. The molecule has 1 aromatic heterocycles. The summed E-state index contributed by atoms with van der Waals surface area (Å²) in [6, 6.07) is 12.5. The maximum absolute atomic E-state index is 5.61. The average molecular weight is 500 g/mol. The number of aliphatic imine (C=N–C) groups is 1. The van der Waals surface area contributed by atoms with Crippen molar-refractivity contribution in [1.82, 2.24) is 15.3 Å². The topological polar surface area (TPSA) is 71.4 Å². The number of methoxy groups -OCH3 is 1. The molecule has 0 saturated carbocycles. The lowest BCUT2D eigenvalue weighted by molar-refractivity contribution is 0.411. The van der Waals surface area contributed by atoms with E-state index in [0.29, 0.717) is 12.2 Å². The summed E-state index contributed by atoms with van der Waals surface area (Å²) in [4.78, 5) is 13.6. The molecular weight excluding hydrogens is 458 g/mol. The molecular formula is C31H41N5O. The molecule has 0 aliphatic rings. The maximum atomic E-state index is 5.61. The fraction of sp³-hybridized carbons (Fsp3) is 0.387. The molecule has 6 heteroatoms. The van der Waals surface area contributed by atoms with Gasteiger partial charge in [0.25, 0.3) is 0 Å². The number of aromatic nitrogens is 2. The first-order valence-electron chi connectivity index (χ1n) is 13.0. The Morgan fingerprint density at radius 3 is 2.62 bits per heavy atom. The third-order valence-corrected chi connectivity index (χ3v) is 6.61. The van der Waals surface area contributed by atoms with Crippen LogP contribution in [0.3, 0.4) is 0 Å². The summed E-state index contributed by atoms with van der Waals surface area (Å²) < 4.78 is 5.61. The van der Waals surface area contributed by atoms with Crippen LogP contribution in [-0.2, 0) is 12.8 Å². The minimum absolute atomic E-state index is 0.0306. The Hall–Kier alpha value is -3.67. The lowest BCUT2D eigenvalue weighted by Gasteiger charge is -2.25.